The van der Waals surface area contributed by atoms with E-state index in [-0.39, 0.29) is 18.1 Å². The Morgan fingerprint density at radius 3 is 2.33 bits per heavy atom. The van der Waals surface area contributed by atoms with Crippen LogP contribution in [0.2, 0.25) is 0 Å². The molecule has 1 N–H and O–H groups in total. The van der Waals surface area contributed by atoms with Gasteiger partial charge in [-0.3, -0.25) is 4.79 Å². The fourth-order valence-corrected chi connectivity index (χ4v) is 3.13. The lowest BCUT2D eigenvalue weighted by molar-refractivity contribution is -0.115. The molecule has 136 valence electrons. The Hall–Kier alpha value is -3.20. The lowest BCUT2D eigenvalue weighted by atomic mass is 9.96. The van der Waals surface area contributed by atoms with Gasteiger partial charge in [0, 0.05) is 5.56 Å². The second kappa shape index (κ2) is 8.00. The van der Waals surface area contributed by atoms with Gasteiger partial charge in [0.15, 0.2) is 0 Å². The van der Waals surface area contributed by atoms with Gasteiger partial charge in [-0.15, -0.1) is 0 Å². The molecule has 0 atom stereocenters. The zero-order valence-electron chi connectivity index (χ0n) is 15.6. The molecule has 0 aliphatic carbocycles. The van der Waals surface area contributed by atoms with Gasteiger partial charge in [-0.2, -0.15) is 0 Å². The highest BCUT2D eigenvalue weighted by molar-refractivity contribution is 5.97. The van der Waals surface area contributed by atoms with E-state index in [0.717, 1.165) is 39.1 Å². The molecule has 3 aromatic carbocycles. The maximum atomic E-state index is 13.0. The van der Waals surface area contributed by atoms with Crippen LogP contribution in [0.5, 0.6) is 0 Å². The van der Waals surface area contributed by atoms with Crippen LogP contribution in [-0.4, -0.2) is 5.91 Å². The topological polar surface area (TPSA) is 29.1 Å². The highest BCUT2D eigenvalue weighted by Crippen LogP contribution is 2.32. The Morgan fingerprint density at radius 2 is 1.70 bits per heavy atom. The number of halogens is 1. The lowest BCUT2D eigenvalue weighted by Crippen LogP contribution is -2.16. The Morgan fingerprint density at radius 1 is 1.04 bits per heavy atom. The van der Waals surface area contributed by atoms with Crippen LogP contribution < -0.4 is 5.32 Å². The average Bonchev–Trinajstić information content (AvgIpc) is 2.65. The smallest absolute Gasteiger partial charge is 0.228 e. The van der Waals surface area contributed by atoms with Crippen LogP contribution in [-0.2, 0) is 11.2 Å². The zero-order chi connectivity index (χ0) is 19.4. The summed E-state index contributed by atoms with van der Waals surface area (Å²) >= 11 is 0. The fourth-order valence-electron chi connectivity index (χ4n) is 3.13. The van der Waals surface area contributed by atoms with Gasteiger partial charge < -0.3 is 5.32 Å². The number of aryl methyl sites for hydroxylation is 2. The second-order valence-corrected chi connectivity index (χ2v) is 6.68. The van der Waals surface area contributed by atoms with Crippen molar-refractivity contribution < 1.29 is 9.18 Å². The van der Waals surface area contributed by atoms with Crippen LogP contribution in [0, 0.1) is 19.7 Å². The van der Waals surface area contributed by atoms with Gasteiger partial charge in [-0.25, -0.2) is 4.39 Å². The van der Waals surface area contributed by atoms with Gasteiger partial charge in [-0.1, -0.05) is 60.7 Å². The van der Waals surface area contributed by atoms with E-state index in [2.05, 4.69) is 24.0 Å². The highest BCUT2D eigenvalue weighted by Gasteiger charge is 2.13. The van der Waals surface area contributed by atoms with Crippen molar-refractivity contribution in [1.82, 2.24) is 0 Å². The first kappa shape index (κ1) is 18.6. The van der Waals surface area contributed by atoms with E-state index < -0.39 is 0 Å². The van der Waals surface area contributed by atoms with Gasteiger partial charge in [0.1, 0.15) is 5.82 Å². The van der Waals surface area contributed by atoms with Gasteiger partial charge >= 0.3 is 0 Å². The van der Waals surface area contributed by atoms with Crippen molar-refractivity contribution in [3.63, 3.8) is 0 Å². The normalized spacial score (nSPS) is 10.5. The van der Waals surface area contributed by atoms with Crippen LogP contribution in [0.25, 0.3) is 17.2 Å². The molecule has 0 aliphatic heterocycles. The molecule has 2 nitrogen and oxygen atoms in total. The van der Waals surface area contributed by atoms with Crippen LogP contribution in [0.3, 0.4) is 0 Å². The number of rotatable bonds is 5. The third-order valence-corrected chi connectivity index (χ3v) is 4.48. The minimum Gasteiger partial charge on any atom is -0.325 e. The molecular formula is C24H22FNO. The number of anilines is 1. The Kier molecular flexibility index (Phi) is 5.51. The van der Waals surface area contributed by atoms with Crippen LogP contribution in [0.15, 0.2) is 67.2 Å². The van der Waals surface area contributed by atoms with E-state index in [0.29, 0.717) is 0 Å². The predicted molar refractivity (Wildman–Crippen MR) is 110 cm³/mol. The Labute approximate surface area is 159 Å². The third kappa shape index (κ3) is 4.50. The predicted octanol–water partition coefficient (Wildman–Crippen LogP) is 5.93. The SMILES string of the molecule is C=Cc1ccc(-c2cc(C)cc(C)c2NC(=O)Cc2ccc(F)cc2)cc1. The number of carbonyl (C=O) groups excluding carboxylic acids is 1. The second-order valence-electron chi connectivity index (χ2n) is 6.68. The molecule has 0 fully saturated rings. The summed E-state index contributed by atoms with van der Waals surface area (Å²) in [6.45, 7) is 7.81. The van der Waals surface area contributed by atoms with Gasteiger partial charge in [0.05, 0.1) is 12.1 Å². The lowest BCUT2D eigenvalue weighted by Gasteiger charge is -2.16. The summed E-state index contributed by atoms with van der Waals surface area (Å²) in [7, 11) is 0. The largest absolute Gasteiger partial charge is 0.325 e. The number of nitrogens with one attached hydrogen (secondary N) is 1. The molecule has 3 aromatic rings. The van der Waals surface area contributed by atoms with Crippen molar-refractivity contribution in [3.8, 4) is 11.1 Å². The molecule has 0 spiro atoms. The molecule has 0 aromatic heterocycles. The number of hydrogen-bond acceptors (Lipinski definition) is 1. The summed E-state index contributed by atoms with van der Waals surface area (Å²) in [4.78, 5) is 12.6. The Balaban J connectivity index is 1.90. The van der Waals surface area contributed by atoms with E-state index in [1.807, 2.05) is 38.1 Å². The van der Waals surface area contributed by atoms with Crippen molar-refractivity contribution in [3.05, 3.63) is 95.3 Å². The molecule has 0 radical (unpaired) electrons. The van der Waals surface area contributed by atoms with Crippen molar-refractivity contribution in [1.29, 1.82) is 0 Å². The summed E-state index contributed by atoms with van der Waals surface area (Å²) in [5, 5.41) is 3.04. The summed E-state index contributed by atoms with van der Waals surface area (Å²) < 4.78 is 13.0. The molecule has 0 aliphatic rings. The first-order chi connectivity index (χ1) is 13.0. The number of carbonyl (C=O) groups is 1. The first-order valence-electron chi connectivity index (χ1n) is 8.84. The molecule has 0 saturated carbocycles. The van der Waals surface area contributed by atoms with E-state index in [4.69, 9.17) is 0 Å². The number of amides is 1. The van der Waals surface area contributed by atoms with Crippen LogP contribution in [0.1, 0.15) is 22.3 Å². The van der Waals surface area contributed by atoms with Crippen molar-refractivity contribution in [2.45, 2.75) is 20.3 Å². The first-order valence-corrected chi connectivity index (χ1v) is 8.84. The Bertz CT molecular complexity index is 973. The van der Waals surface area contributed by atoms with E-state index in [1.165, 1.54) is 12.1 Å². The minimum atomic E-state index is -0.307. The zero-order valence-corrected chi connectivity index (χ0v) is 15.6. The maximum Gasteiger partial charge on any atom is 0.228 e. The molecule has 3 heteroatoms. The van der Waals surface area contributed by atoms with E-state index in [1.54, 1.807) is 18.2 Å². The maximum absolute atomic E-state index is 13.0. The van der Waals surface area contributed by atoms with Crippen molar-refractivity contribution >= 4 is 17.7 Å². The van der Waals surface area contributed by atoms with Crippen molar-refractivity contribution in [2.75, 3.05) is 5.32 Å². The van der Waals surface area contributed by atoms with E-state index in [9.17, 15) is 9.18 Å². The van der Waals surface area contributed by atoms with Crippen LogP contribution >= 0.6 is 0 Å². The molecule has 0 unspecified atom stereocenters. The highest BCUT2D eigenvalue weighted by atomic mass is 19.1. The average molecular weight is 359 g/mol. The molecule has 1 amide bonds. The minimum absolute atomic E-state index is 0.127. The summed E-state index contributed by atoms with van der Waals surface area (Å²) in [5.74, 6) is -0.434. The standard InChI is InChI=1S/C24H22FNO/c1-4-18-5-9-20(10-6-18)22-14-16(2)13-17(3)24(22)26-23(27)15-19-7-11-21(25)12-8-19/h4-14H,1,15H2,2-3H3,(H,26,27). The number of benzene rings is 3. The quantitative estimate of drug-likeness (QED) is 0.601. The third-order valence-electron chi connectivity index (χ3n) is 4.48. The molecular weight excluding hydrogens is 337 g/mol. The molecule has 0 bridgehead atoms. The van der Waals surface area contributed by atoms with Crippen molar-refractivity contribution in [2.24, 2.45) is 0 Å². The fraction of sp³-hybridized carbons (Fsp3) is 0.125. The molecule has 27 heavy (non-hydrogen) atoms. The van der Waals surface area contributed by atoms with Gasteiger partial charge in [0.25, 0.3) is 0 Å². The molecule has 0 heterocycles. The van der Waals surface area contributed by atoms with Gasteiger partial charge in [-0.05, 0) is 54.3 Å². The number of hydrogen-bond donors (Lipinski definition) is 1. The van der Waals surface area contributed by atoms with E-state index >= 15 is 0 Å². The molecule has 3 rings (SSSR count). The summed E-state index contributed by atoms with van der Waals surface area (Å²) in [6.07, 6.45) is 2.00. The van der Waals surface area contributed by atoms with Crippen LogP contribution in [0.4, 0.5) is 10.1 Å². The monoisotopic (exact) mass is 359 g/mol. The summed E-state index contributed by atoms with van der Waals surface area (Å²) in [5.41, 5.74) is 6.77. The molecule has 0 saturated heterocycles. The van der Waals surface area contributed by atoms with Gasteiger partial charge in [0.2, 0.25) is 5.91 Å². The summed E-state index contributed by atoms with van der Waals surface area (Å²) in [6, 6.07) is 18.2.